The van der Waals surface area contributed by atoms with Gasteiger partial charge in [0.05, 0.1) is 15.9 Å². The molecule has 3 aromatic carbocycles. The Kier molecular flexibility index (Phi) is 6.57. The van der Waals surface area contributed by atoms with Crippen molar-refractivity contribution in [3.8, 4) is 5.69 Å². The zero-order valence-corrected chi connectivity index (χ0v) is 19.4. The fourth-order valence-corrected chi connectivity index (χ4v) is 5.17. The minimum absolute atomic E-state index is 0.197. The quantitative estimate of drug-likeness (QED) is 0.429. The van der Waals surface area contributed by atoms with Gasteiger partial charge in [0, 0.05) is 30.9 Å². The van der Waals surface area contributed by atoms with Crippen molar-refractivity contribution in [1.82, 2.24) is 19.2 Å². The standard InChI is InChI=1S/C25H26N4O3S/c1-3-28(4-2)33(31,32)22-15-9-19(10-16-22)17-26-25(30)20-11-13-21(14-12-20)29-18-27-23-7-5-6-8-24(23)29/h5-16,18H,3-4,17H2,1-2H3,(H,26,30). The first-order valence-electron chi connectivity index (χ1n) is 10.8. The van der Waals surface area contributed by atoms with E-state index in [2.05, 4.69) is 10.3 Å². The third kappa shape index (κ3) is 4.67. The van der Waals surface area contributed by atoms with Crippen molar-refractivity contribution >= 4 is 27.0 Å². The molecular formula is C25H26N4O3S. The Hall–Kier alpha value is -3.49. The lowest BCUT2D eigenvalue weighted by atomic mass is 10.1. The molecule has 1 N–H and O–H groups in total. The van der Waals surface area contributed by atoms with Crippen LogP contribution in [-0.4, -0.2) is 41.3 Å². The van der Waals surface area contributed by atoms with E-state index in [0.29, 0.717) is 25.2 Å². The number of rotatable bonds is 8. The molecule has 0 radical (unpaired) electrons. The summed E-state index contributed by atoms with van der Waals surface area (Å²) in [5.41, 5.74) is 4.20. The van der Waals surface area contributed by atoms with Crippen molar-refractivity contribution in [2.24, 2.45) is 0 Å². The summed E-state index contributed by atoms with van der Waals surface area (Å²) in [5.74, 6) is -0.197. The van der Waals surface area contributed by atoms with E-state index in [0.717, 1.165) is 22.3 Å². The number of amides is 1. The van der Waals surface area contributed by atoms with Crippen molar-refractivity contribution in [3.05, 3.63) is 90.3 Å². The van der Waals surface area contributed by atoms with Crippen LogP contribution in [-0.2, 0) is 16.6 Å². The van der Waals surface area contributed by atoms with E-state index in [9.17, 15) is 13.2 Å². The van der Waals surface area contributed by atoms with Crippen molar-refractivity contribution < 1.29 is 13.2 Å². The molecule has 1 amide bonds. The van der Waals surface area contributed by atoms with Crippen molar-refractivity contribution in [3.63, 3.8) is 0 Å². The zero-order chi connectivity index (χ0) is 23.4. The van der Waals surface area contributed by atoms with Gasteiger partial charge < -0.3 is 5.32 Å². The number of nitrogens with one attached hydrogen (secondary N) is 1. The summed E-state index contributed by atoms with van der Waals surface area (Å²) >= 11 is 0. The largest absolute Gasteiger partial charge is 0.348 e. The molecular weight excluding hydrogens is 436 g/mol. The van der Waals surface area contributed by atoms with Gasteiger partial charge in [-0.25, -0.2) is 13.4 Å². The van der Waals surface area contributed by atoms with Gasteiger partial charge in [-0.2, -0.15) is 4.31 Å². The molecule has 8 heteroatoms. The minimum atomic E-state index is -3.49. The van der Waals surface area contributed by atoms with Crippen LogP contribution >= 0.6 is 0 Å². The number of carbonyl (C=O) groups is 1. The molecule has 1 aromatic heterocycles. The maximum absolute atomic E-state index is 12.6. The normalized spacial score (nSPS) is 11.7. The van der Waals surface area contributed by atoms with Crippen LogP contribution in [0.15, 0.2) is 84.0 Å². The number of nitrogens with zero attached hydrogens (tertiary/aromatic N) is 3. The van der Waals surface area contributed by atoms with Gasteiger partial charge in [-0.3, -0.25) is 9.36 Å². The van der Waals surface area contributed by atoms with Gasteiger partial charge in [0.2, 0.25) is 10.0 Å². The number of benzene rings is 3. The highest BCUT2D eigenvalue weighted by Gasteiger charge is 2.21. The first-order chi connectivity index (χ1) is 15.9. The summed E-state index contributed by atoms with van der Waals surface area (Å²) in [4.78, 5) is 17.2. The van der Waals surface area contributed by atoms with Crippen LogP contribution in [0.5, 0.6) is 0 Å². The Bertz CT molecular complexity index is 1360. The second-order valence-electron chi connectivity index (χ2n) is 7.57. The van der Waals surface area contributed by atoms with Crippen molar-refractivity contribution in [1.29, 1.82) is 0 Å². The second-order valence-corrected chi connectivity index (χ2v) is 9.50. The van der Waals surface area contributed by atoms with Gasteiger partial charge in [-0.05, 0) is 54.1 Å². The van der Waals surface area contributed by atoms with Crippen LogP contribution < -0.4 is 5.32 Å². The Morgan fingerprint density at radius 2 is 1.61 bits per heavy atom. The Balaban J connectivity index is 1.41. The van der Waals surface area contributed by atoms with E-state index in [1.54, 1.807) is 42.7 Å². The van der Waals surface area contributed by atoms with Crippen LogP contribution in [0, 0.1) is 0 Å². The van der Waals surface area contributed by atoms with Crippen LogP contribution in [0.3, 0.4) is 0 Å². The zero-order valence-electron chi connectivity index (χ0n) is 18.6. The molecule has 0 spiro atoms. The second kappa shape index (κ2) is 9.56. The predicted molar refractivity (Wildman–Crippen MR) is 129 cm³/mol. The molecule has 0 aliphatic rings. The van der Waals surface area contributed by atoms with Crippen molar-refractivity contribution in [2.45, 2.75) is 25.3 Å². The van der Waals surface area contributed by atoms with Crippen LogP contribution in [0.2, 0.25) is 0 Å². The van der Waals surface area contributed by atoms with E-state index in [-0.39, 0.29) is 10.8 Å². The van der Waals surface area contributed by atoms with E-state index < -0.39 is 10.0 Å². The van der Waals surface area contributed by atoms with Gasteiger partial charge in [-0.15, -0.1) is 0 Å². The lowest BCUT2D eigenvalue weighted by molar-refractivity contribution is 0.0951. The molecule has 0 saturated carbocycles. The number of fused-ring (bicyclic) bond motifs is 1. The Labute approximate surface area is 193 Å². The van der Waals surface area contributed by atoms with Gasteiger partial charge >= 0.3 is 0 Å². The fraction of sp³-hybridized carbons (Fsp3) is 0.200. The number of imidazole rings is 1. The van der Waals surface area contributed by atoms with Crippen molar-refractivity contribution in [2.75, 3.05) is 13.1 Å². The number of hydrogen-bond acceptors (Lipinski definition) is 4. The van der Waals surface area contributed by atoms with Gasteiger partial charge in [-0.1, -0.05) is 38.1 Å². The molecule has 0 saturated heterocycles. The summed E-state index contributed by atoms with van der Waals surface area (Å²) in [6.07, 6.45) is 1.77. The molecule has 33 heavy (non-hydrogen) atoms. The van der Waals surface area contributed by atoms with Gasteiger partial charge in [0.15, 0.2) is 0 Å². The number of sulfonamides is 1. The molecule has 1 heterocycles. The Morgan fingerprint density at radius 3 is 2.27 bits per heavy atom. The summed E-state index contributed by atoms with van der Waals surface area (Å²) < 4.78 is 28.6. The Morgan fingerprint density at radius 1 is 0.939 bits per heavy atom. The molecule has 0 atom stereocenters. The highest BCUT2D eigenvalue weighted by atomic mass is 32.2. The first-order valence-corrected chi connectivity index (χ1v) is 12.3. The SMILES string of the molecule is CCN(CC)S(=O)(=O)c1ccc(CNC(=O)c2ccc(-n3cnc4ccccc43)cc2)cc1. The molecule has 0 unspecified atom stereocenters. The maximum Gasteiger partial charge on any atom is 0.251 e. The molecule has 0 aliphatic heterocycles. The van der Waals surface area contributed by atoms with E-state index in [1.807, 2.05) is 54.8 Å². The topological polar surface area (TPSA) is 84.3 Å². The molecule has 170 valence electrons. The van der Waals surface area contributed by atoms with Crippen LogP contribution in [0.1, 0.15) is 29.8 Å². The molecule has 4 aromatic rings. The summed E-state index contributed by atoms with van der Waals surface area (Å²) in [7, 11) is -3.49. The van der Waals surface area contributed by atoms with Crippen LogP contribution in [0.25, 0.3) is 16.7 Å². The average molecular weight is 463 g/mol. The third-order valence-corrected chi connectivity index (χ3v) is 7.64. The lowest BCUT2D eigenvalue weighted by Crippen LogP contribution is -2.30. The number of carbonyl (C=O) groups excluding carboxylic acids is 1. The van der Waals surface area contributed by atoms with E-state index >= 15 is 0 Å². The highest BCUT2D eigenvalue weighted by Crippen LogP contribution is 2.19. The van der Waals surface area contributed by atoms with Gasteiger partial charge in [0.1, 0.15) is 6.33 Å². The number of aromatic nitrogens is 2. The van der Waals surface area contributed by atoms with Gasteiger partial charge in [0.25, 0.3) is 5.91 Å². The summed E-state index contributed by atoms with van der Waals surface area (Å²) in [5, 5.41) is 2.88. The summed E-state index contributed by atoms with van der Waals surface area (Å²) in [6, 6.07) is 21.8. The molecule has 0 aliphatic carbocycles. The van der Waals surface area contributed by atoms with Crippen LogP contribution in [0.4, 0.5) is 0 Å². The monoisotopic (exact) mass is 462 g/mol. The summed E-state index contributed by atoms with van der Waals surface area (Å²) in [6.45, 7) is 4.78. The predicted octanol–water partition coefficient (Wildman–Crippen LogP) is 3.99. The van der Waals surface area contributed by atoms with E-state index in [1.165, 1.54) is 4.31 Å². The fourth-order valence-electron chi connectivity index (χ4n) is 3.71. The third-order valence-electron chi connectivity index (χ3n) is 5.58. The molecule has 0 fully saturated rings. The minimum Gasteiger partial charge on any atom is -0.348 e. The lowest BCUT2D eigenvalue weighted by Gasteiger charge is -2.18. The maximum atomic E-state index is 12.6. The molecule has 4 rings (SSSR count). The smallest absolute Gasteiger partial charge is 0.251 e. The average Bonchev–Trinajstić information content (AvgIpc) is 3.28. The number of para-hydroxylation sites is 2. The highest BCUT2D eigenvalue weighted by molar-refractivity contribution is 7.89. The molecule has 0 bridgehead atoms. The number of hydrogen-bond donors (Lipinski definition) is 1. The van der Waals surface area contributed by atoms with E-state index in [4.69, 9.17) is 0 Å². The molecule has 7 nitrogen and oxygen atoms in total. The first kappa shape index (κ1) is 22.7.